The van der Waals surface area contributed by atoms with E-state index in [0.29, 0.717) is 19.4 Å². The molecule has 1 N–H and O–H groups in total. The van der Waals surface area contributed by atoms with Crippen LogP contribution in [0.15, 0.2) is 0 Å². The van der Waals surface area contributed by atoms with E-state index in [1.165, 1.54) is 0 Å². The molecular weight excluding hydrogens is 323 g/mol. The molecule has 0 bridgehead atoms. The summed E-state index contributed by atoms with van der Waals surface area (Å²) in [5.74, 6) is 0.639. The van der Waals surface area contributed by atoms with Crippen molar-refractivity contribution in [3.8, 4) is 0 Å². The minimum atomic E-state index is -3.05. The Morgan fingerprint density at radius 1 is 0.917 bits per heavy atom. The van der Waals surface area contributed by atoms with Gasteiger partial charge in [-0.25, -0.2) is 0 Å². The predicted octanol–water partition coefficient (Wildman–Crippen LogP) is 5.35. The van der Waals surface area contributed by atoms with Gasteiger partial charge in [0, 0.05) is 0 Å². The van der Waals surface area contributed by atoms with Gasteiger partial charge < -0.3 is 14.2 Å². The van der Waals surface area contributed by atoms with Crippen molar-refractivity contribution in [3.63, 3.8) is 0 Å². The van der Waals surface area contributed by atoms with Gasteiger partial charge in [0.1, 0.15) is 0 Å². The Labute approximate surface area is 149 Å². The molecule has 1 aliphatic rings. The Kier molecular flexibility index (Phi) is 7.57. The van der Waals surface area contributed by atoms with Crippen molar-refractivity contribution in [1.82, 2.24) is 0 Å². The lowest BCUT2D eigenvalue weighted by molar-refractivity contribution is -0.0810. The van der Waals surface area contributed by atoms with Crippen LogP contribution in [0.3, 0.4) is 0 Å². The molecule has 1 rings (SSSR count). The van der Waals surface area contributed by atoms with Crippen LogP contribution < -0.4 is 0 Å². The maximum absolute atomic E-state index is 13.0. The zero-order chi connectivity index (χ0) is 18.8. The van der Waals surface area contributed by atoms with Crippen LogP contribution in [0.4, 0.5) is 0 Å². The Morgan fingerprint density at radius 3 is 1.58 bits per heavy atom. The highest BCUT2D eigenvalue weighted by molar-refractivity contribution is 7.53. The fourth-order valence-corrected chi connectivity index (χ4v) is 6.11. The second kappa shape index (κ2) is 8.20. The fourth-order valence-electron chi connectivity index (χ4n) is 4.11. The van der Waals surface area contributed by atoms with Crippen molar-refractivity contribution < 1.29 is 18.7 Å². The smallest absolute Gasteiger partial charge is 0.330 e. The summed E-state index contributed by atoms with van der Waals surface area (Å²) in [5.41, 5.74) is 0.0333. The van der Waals surface area contributed by atoms with Crippen molar-refractivity contribution in [2.75, 3.05) is 19.4 Å². The first kappa shape index (κ1) is 22.2. The van der Waals surface area contributed by atoms with Crippen molar-refractivity contribution in [3.05, 3.63) is 0 Å². The lowest BCUT2D eigenvalue weighted by Gasteiger charge is -2.49. The zero-order valence-corrected chi connectivity index (χ0v) is 17.9. The number of rotatable bonds is 6. The second-order valence-electron chi connectivity index (χ2n) is 9.40. The average molecular weight is 362 g/mol. The third-order valence-corrected chi connectivity index (χ3v) is 7.62. The van der Waals surface area contributed by atoms with E-state index in [0.717, 1.165) is 12.8 Å². The van der Waals surface area contributed by atoms with Gasteiger partial charge in [-0.15, -0.1) is 0 Å². The summed E-state index contributed by atoms with van der Waals surface area (Å²) in [4.78, 5) is 0. The van der Waals surface area contributed by atoms with E-state index in [-0.39, 0.29) is 34.7 Å². The van der Waals surface area contributed by atoms with Crippen molar-refractivity contribution in [2.24, 2.45) is 28.6 Å². The summed E-state index contributed by atoms with van der Waals surface area (Å²) >= 11 is 0. The number of aliphatic hydroxyl groups is 1. The van der Waals surface area contributed by atoms with Gasteiger partial charge in [-0.3, -0.25) is 4.57 Å². The zero-order valence-electron chi connectivity index (χ0n) is 17.0. The van der Waals surface area contributed by atoms with Gasteiger partial charge in [-0.05, 0) is 55.3 Å². The molecule has 0 aromatic rings. The summed E-state index contributed by atoms with van der Waals surface area (Å²) in [5, 5.41) is 11.0. The number of hydrogen-bond donors (Lipinski definition) is 1. The van der Waals surface area contributed by atoms with Crippen LogP contribution >= 0.6 is 7.60 Å². The van der Waals surface area contributed by atoms with E-state index in [9.17, 15) is 9.67 Å². The summed E-state index contributed by atoms with van der Waals surface area (Å²) in [6, 6.07) is 0. The van der Waals surface area contributed by atoms with Crippen LogP contribution in [-0.4, -0.2) is 30.6 Å². The van der Waals surface area contributed by atoms with Crippen molar-refractivity contribution in [1.29, 1.82) is 0 Å². The molecule has 0 saturated heterocycles. The summed E-state index contributed by atoms with van der Waals surface area (Å²) in [6.07, 6.45) is 1.89. The van der Waals surface area contributed by atoms with Gasteiger partial charge in [0.05, 0.1) is 25.5 Å². The van der Waals surface area contributed by atoms with E-state index in [4.69, 9.17) is 9.05 Å². The standard InChI is InChI=1S/C19H39O4P/c1-9-22-24(21,23-10-2)13-14-11-15(18(3,4)5)17(20)16(12-14)19(6,7)8/h14-17,20H,9-13H2,1-8H3. The Hall–Kier alpha value is 0.110. The molecule has 1 saturated carbocycles. The Bertz CT molecular complexity index is 402. The van der Waals surface area contributed by atoms with Crippen LogP contribution in [0, 0.1) is 28.6 Å². The summed E-state index contributed by atoms with van der Waals surface area (Å²) < 4.78 is 24.0. The highest BCUT2D eigenvalue weighted by Gasteiger charge is 2.47. The molecule has 0 aliphatic heterocycles. The minimum absolute atomic E-state index is 0.0167. The van der Waals surface area contributed by atoms with E-state index in [2.05, 4.69) is 41.5 Å². The number of hydrogen-bond acceptors (Lipinski definition) is 4. The van der Waals surface area contributed by atoms with E-state index < -0.39 is 7.60 Å². The molecule has 1 aliphatic carbocycles. The van der Waals surface area contributed by atoms with E-state index in [1.54, 1.807) is 0 Å². The lowest BCUT2D eigenvalue weighted by Crippen LogP contribution is -2.48. The molecule has 4 nitrogen and oxygen atoms in total. The highest BCUT2D eigenvalue weighted by Crippen LogP contribution is 2.55. The minimum Gasteiger partial charge on any atom is -0.393 e. The molecule has 0 aromatic heterocycles. The molecule has 1 fully saturated rings. The Morgan fingerprint density at radius 2 is 1.29 bits per heavy atom. The van der Waals surface area contributed by atoms with Crippen LogP contribution in [-0.2, 0) is 13.6 Å². The monoisotopic (exact) mass is 362 g/mol. The molecule has 2 unspecified atom stereocenters. The van der Waals surface area contributed by atoms with Crippen LogP contribution in [0.5, 0.6) is 0 Å². The Balaban J connectivity index is 3.04. The molecule has 0 aromatic carbocycles. The maximum atomic E-state index is 13.0. The average Bonchev–Trinajstić information content (AvgIpc) is 2.38. The van der Waals surface area contributed by atoms with Crippen LogP contribution in [0.2, 0.25) is 0 Å². The normalized spacial score (nSPS) is 29.7. The molecule has 0 heterocycles. The summed E-state index contributed by atoms with van der Waals surface area (Å²) in [7, 11) is -3.05. The third-order valence-electron chi connectivity index (χ3n) is 5.36. The molecule has 0 amide bonds. The van der Waals surface area contributed by atoms with E-state index >= 15 is 0 Å². The van der Waals surface area contributed by atoms with Gasteiger partial charge >= 0.3 is 7.60 Å². The lowest BCUT2D eigenvalue weighted by atomic mass is 9.59. The SMILES string of the molecule is CCOP(=O)(CC1CC(C(C)(C)C)C(O)C(C(C)(C)C)C1)OCC. The quantitative estimate of drug-likeness (QED) is 0.647. The fraction of sp³-hybridized carbons (Fsp3) is 1.00. The van der Waals surface area contributed by atoms with Gasteiger partial charge in [-0.2, -0.15) is 0 Å². The molecular formula is C19H39O4P. The molecule has 2 atom stereocenters. The molecule has 5 heteroatoms. The van der Waals surface area contributed by atoms with Gasteiger partial charge in [0.25, 0.3) is 0 Å². The topological polar surface area (TPSA) is 55.8 Å². The molecule has 24 heavy (non-hydrogen) atoms. The third kappa shape index (κ3) is 5.83. The van der Waals surface area contributed by atoms with Gasteiger partial charge in [0.15, 0.2) is 0 Å². The first-order chi connectivity index (χ1) is 10.8. The van der Waals surface area contributed by atoms with Crippen molar-refractivity contribution >= 4 is 7.60 Å². The van der Waals surface area contributed by atoms with Gasteiger partial charge in [0.2, 0.25) is 0 Å². The maximum Gasteiger partial charge on any atom is 0.330 e. The second-order valence-corrected chi connectivity index (χ2v) is 11.5. The van der Waals surface area contributed by atoms with Crippen LogP contribution in [0.1, 0.15) is 68.2 Å². The van der Waals surface area contributed by atoms with Crippen LogP contribution in [0.25, 0.3) is 0 Å². The summed E-state index contributed by atoms with van der Waals surface area (Å²) in [6.45, 7) is 17.6. The number of aliphatic hydroxyl groups excluding tert-OH is 1. The largest absolute Gasteiger partial charge is 0.393 e. The first-order valence-electron chi connectivity index (χ1n) is 9.40. The van der Waals surface area contributed by atoms with Gasteiger partial charge in [-0.1, -0.05) is 41.5 Å². The molecule has 0 radical (unpaired) electrons. The predicted molar refractivity (Wildman–Crippen MR) is 100 cm³/mol. The van der Waals surface area contributed by atoms with Crippen molar-refractivity contribution in [2.45, 2.75) is 74.3 Å². The first-order valence-corrected chi connectivity index (χ1v) is 11.1. The highest BCUT2D eigenvalue weighted by atomic mass is 31.2. The van der Waals surface area contributed by atoms with E-state index in [1.807, 2.05) is 13.8 Å². The molecule has 0 spiro atoms. The molecule has 144 valence electrons.